The first-order chi connectivity index (χ1) is 9.21. The number of ether oxygens (including phenoxy) is 1. The summed E-state index contributed by atoms with van der Waals surface area (Å²) in [7, 11) is -1.19. The van der Waals surface area contributed by atoms with Gasteiger partial charge in [0.15, 0.2) is 0 Å². The molecule has 0 aromatic heterocycles. The summed E-state index contributed by atoms with van der Waals surface area (Å²) in [6.07, 6.45) is 0. The fourth-order valence-electron chi connectivity index (χ4n) is 1.60. The van der Waals surface area contributed by atoms with E-state index in [-0.39, 0.29) is 6.61 Å². The molecule has 0 aliphatic rings. The second-order valence-electron chi connectivity index (χ2n) is 4.45. The van der Waals surface area contributed by atoms with Crippen LogP contribution >= 0.6 is 0 Å². The molecule has 20 heavy (non-hydrogen) atoms. The summed E-state index contributed by atoms with van der Waals surface area (Å²) in [5.74, 6) is -2.01. The number of benzene rings is 1. The summed E-state index contributed by atoms with van der Waals surface area (Å²) in [4.78, 5) is 11.2. The van der Waals surface area contributed by atoms with Crippen LogP contribution in [0.5, 0.6) is 0 Å². The van der Waals surface area contributed by atoms with Crippen molar-refractivity contribution in [3.05, 3.63) is 29.6 Å². The zero-order valence-corrected chi connectivity index (χ0v) is 12.7. The number of rotatable bonds is 5. The number of nitrogens with zero attached hydrogens (tertiary/aromatic N) is 1. The van der Waals surface area contributed by atoms with Crippen LogP contribution in [0, 0.1) is 5.82 Å². The molecule has 0 amide bonds. The Kier molecular flexibility index (Phi) is 5.24. The maximum atomic E-state index is 14.0. The van der Waals surface area contributed by atoms with Crippen molar-refractivity contribution in [2.75, 3.05) is 20.7 Å². The van der Waals surface area contributed by atoms with E-state index in [1.54, 1.807) is 13.8 Å². The third-order valence-corrected chi connectivity index (χ3v) is 4.70. The SMILES string of the molecule is CCOC(=O)C(C)c1ccc(S(=O)(=O)N(C)C)c(F)c1. The van der Waals surface area contributed by atoms with Crippen molar-refractivity contribution >= 4 is 16.0 Å². The minimum absolute atomic E-state index is 0.235. The van der Waals surface area contributed by atoms with Crippen molar-refractivity contribution in [3.8, 4) is 0 Å². The van der Waals surface area contributed by atoms with E-state index in [0.717, 1.165) is 16.4 Å². The van der Waals surface area contributed by atoms with E-state index in [2.05, 4.69) is 0 Å². The lowest BCUT2D eigenvalue weighted by Gasteiger charge is -2.14. The maximum absolute atomic E-state index is 14.0. The molecule has 7 heteroatoms. The highest BCUT2D eigenvalue weighted by Crippen LogP contribution is 2.23. The number of sulfonamides is 1. The third kappa shape index (κ3) is 3.34. The van der Waals surface area contributed by atoms with E-state index in [1.807, 2.05) is 0 Å². The summed E-state index contributed by atoms with van der Waals surface area (Å²) in [5.41, 5.74) is 0.374. The van der Waals surface area contributed by atoms with Crippen LogP contribution in [-0.4, -0.2) is 39.4 Å². The Bertz CT molecular complexity index is 598. The molecule has 1 aromatic rings. The minimum Gasteiger partial charge on any atom is -0.466 e. The average Bonchev–Trinajstić information content (AvgIpc) is 2.37. The Balaban J connectivity index is 3.15. The zero-order chi connectivity index (χ0) is 15.5. The van der Waals surface area contributed by atoms with Gasteiger partial charge in [-0.1, -0.05) is 6.07 Å². The lowest BCUT2D eigenvalue weighted by molar-refractivity contribution is -0.144. The molecule has 0 saturated carbocycles. The Morgan fingerprint density at radius 3 is 2.45 bits per heavy atom. The van der Waals surface area contributed by atoms with E-state index < -0.39 is 32.6 Å². The predicted octanol–water partition coefficient (Wildman–Crippen LogP) is 1.74. The van der Waals surface area contributed by atoms with Crippen LogP contribution in [-0.2, 0) is 19.6 Å². The number of carbonyl (C=O) groups is 1. The second-order valence-corrected chi connectivity index (χ2v) is 6.57. The van der Waals surface area contributed by atoms with Gasteiger partial charge in [-0.05, 0) is 31.5 Å². The highest BCUT2D eigenvalue weighted by molar-refractivity contribution is 7.89. The number of hydrogen-bond donors (Lipinski definition) is 0. The number of esters is 1. The topological polar surface area (TPSA) is 63.7 Å². The summed E-state index contributed by atoms with van der Waals surface area (Å²) in [6, 6.07) is 3.63. The highest BCUT2D eigenvalue weighted by atomic mass is 32.2. The lowest BCUT2D eigenvalue weighted by atomic mass is 10.0. The number of carbonyl (C=O) groups excluding carboxylic acids is 1. The molecule has 0 N–H and O–H groups in total. The fourth-order valence-corrected chi connectivity index (χ4v) is 2.53. The molecule has 112 valence electrons. The van der Waals surface area contributed by atoms with Crippen LogP contribution < -0.4 is 0 Å². The van der Waals surface area contributed by atoms with Crippen LogP contribution in [0.15, 0.2) is 23.1 Å². The first-order valence-electron chi connectivity index (χ1n) is 6.10. The summed E-state index contributed by atoms with van der Waals surface area (Å²) in [6.45, 7) is 3.49. The maximum Gasteiger partial charge on any atom is 0.313 e. The van der Waals surface area contributed by atoms with Gasteiger partial charge in [-0.25, -0.2) is 17.1 Å². The molecule has 1 unspecified atom stereocenters. The number of halogens is 1. The quantitative estimate of drug-likeness (QED) is 0.777. The predicted molar refractivity (Wildman–Crippen MR) is 72.3 cm³/mol. The first-order valence-corrected chi connectivity index (χ1v) is 7.54. The van der Waals surface area contributed by atoms with Crippen LogP contribution in [0.25, 0.3) is 0 Å². The van der Waals surface area contributed by atoms with Gasteiger partial charge in [0, 0.05) is 14.1 Å². The first kappa shape index (κ1) is 16.6. The van der Waals surface area contributed by atoms with Crippen molar-refractivity contribution in [1.82, 2.24) is 4.31 Å². The molecule has 5 nitrogen and oxygen atoms in total. The molecule has 1 rings (SSSR count). The van der Waals surface area contributed by atoms with Crippen molar-refractivity contribution in [2.24, 2.45) is 0 Å². The fraction of sp³-hybridized carbons (Fsp3) is 0.462. The molecular formula is C13H18FNO4S. The van der Waals surface area contributed by atoms with Crippen LogP contribution in [0.3, 0.4) is 0 Å². The van der Waals surface area contributed by atoms with Gasteiger partial charge < -0.3 is 4.74 Å². The van der Waals surface area contributed by atoms with Gasteiger partial charge in [0.25, 0.3) is 0 Å². The van der Waals surface area contributed by atoms with Gasteiger partial charge in [0.2, 0.25) is 10.0 Å². The molecule has 0 aliphatic heterocycles. The summed E-state index contributed by atoms with van der Waals surface area (Å²) in [5, 5.41) is 0. The monoisotopic (exact) mass is 303 g/mol. The van der Waals surface area contributed by atoms with E-state index in [9.17, 15) is 17.6 Å². The molecule has 0 bridgehead atoms. The van der Waals surface area contributed by atoms with Gasteiger partial charge in [0.1, 0.15) is 10.7 Å². The lowest BCUT2D eigenvalue weighted by Crippen LogP contribution is -2.23. The minimum atomic E-state index is -3.84. The van der Waals surface area contributed by atoms with Crippen molar-refractivity contribution in [2.45, 2.75) is 24.7 Å². The standard InChI is InChI=1S/C13H18FNO4S/c1-5-19-13(16)9(2)10-6-7-12(11(14)8-10)20(17,18)15(3)4/h6-9H,5H2,1-4H3. The van der Waals surface area contributed by atoms with E-state index >= 15 is 0 Å². The van der Waals surface area contributed by atoms with Crippen LogP contribution in [0.4, 0.5) is 4.39 Å². The Labute approximate surface area is 118 Å². The van der Waals surface area contributed by atoms with Gasteiger partial charge in [-0.2, -0.15) is 0 Å². The van der Waals surface area contributed by atoms with Gasteiger partial charge in [0.05, 0.1) is 12.5 Å². The van der Waals surface area contributed by atoms with Gasteiger partial charge >= 0.3 is 5.97 Å². The average molecular weight is 303 g/mol. The smallest absolute Gasteiger partial charge is 0.313 e. The van der Waals surface area contributed by atoms with E-state index in [1.165, 1.54) is 20.2 Å². The van der Waals surface area contributed by atoms with Crippen LogP contribution in [0.1, 0.15) is 25.3 Å². The van der Waals surface area contributed by atoms with Crippen molar-refractivity contribution in [3.63, 3.8) is 0 Å². The Morgan fingerprint density at radius 2 is 2.00 bits per heavy atom. The third-order valence-electron chi connectivity index (χ3n) is 2.85. The largest absolute Gasteiger partial charge is 0.466 e. The molecule has 0 saturated heterocycles. The zero-order valence-electron chi connectivity index (χ0n) is 11.9. The van der Waals surface area contributed by atoms with E-state index in [4.69, 9.17) is 4.74 Å². The highest BCUT2D eigenvalue weighted by Gasteiger charge is 2.24. The molecule has 0 fully saturated rings. The molecular weight excluding hydrogens is 285 g/mol. The molecule has 0 spiro atoms. The molecule has 0 aliphatic carbocycles. The van der Waals surface area contributed by atoms with E-state index in [0.29, 0.717) is 5.56 Å². The van der Waals surface area contributed by atoms with Crippen LogP contribution in [0.2, 0.25) is 0 Å². The molecule has 1 aromatic carbocycles. The molecule has 1 atom stereocenters. The van der Waals surface area contributed by atoms with Gasteiger partial charge in [-0.3, -0.25) is 4.79 Å². The second kappa shape index (κ2) is 6.32. The molecule has 0 heterocycles. The number of hydrogen-bond acceptors (Lipinski definition) is 4. The molecule has 0 radical (unpaired) electrons. The van der Waals surface area contributed by atoms with Crippen molar-refractivity contribution < 1.29 is 22.3 Å². The normalized spacial score (nSPS) is 13.3. The summed E-state index contributed by atoms with van der Waals surface area (Å²) < 4.78 is 43.5. The van der Waals surface area contributed by atoms with Gasteiger partial charge in [-0.15, -0.1) is 0 Å². The van der Waals surface area contributed by atoms with Crippen molar-refractivity contribution in [1.29, 1.82) is 0 Å². The Hall–Kier alpha value is -1.47. The Morgan fingerprint density at radius 1 is 1.40 bits per heavy atom. The summed E-state index contributed by atoms with van der Waals surface area (Å²) >= 11 is 0.